The number of esters is 2. The number of hydrogen-bond donors (Lipinski definition) is 0. The molecule has 4 nitrogen and oxygen atoms in total. The van der Waals surface area contributed by atoms with E-state index in [9.17, 15) is 9.59 Å². The summed E-state index contributed by atoms with van der Waals surface area (Å²) in [6, 6.07) is 3.24. The Kier molecular flexibility index (Phi) is 3.13. The van der Waals surface area contributed by atoms with Gasteiger partial charge in [0.2, 0.25) is 0 Å². The largest absolute Gasteiger partial charge is 0.462 e. The van der Waals surface area contributed by atoms with Gasteiger partial charge in [0, 0.05) is 6.42 Å². The van der Waals surface area contributed by atoms with E-state index in [1.807, 2.05) is 0 Å². The molecular formula is C13H14O4. The Morgan fingerprint density at radius 1 is 0.882 bits per heavy atom. The maximum Gasteiger partial charge on any atom is 0.338 e. The Hall–Kier alpha value is -1.84. The fourth-order valence-corrected chi connectivity index (χ4v) is 1.81. The van der Waals surface area contributed by atoms with Crippen LogP contribution in [0.2, 0.25) is 0 Å². The average Bonchev–Trinajstić information content (AvgIpc) is 2.34. The number of hydrogen-bond acceptors (Lipinski definition) is 4. The summed E-state index contributed by atoms with van der Waals surface area (Å²) in [7, 11) is 0. The molecule has 2 bridgehead atoms. The Morgan fingerprint density at radius 3 is 1.71 bits per heavy atom. The Labute approximate surface area is 99.5 Å². The van der Waals surface area contributed by atoms with Gasteiger partial charge in [-0.3, -0.25) is 0 Å². The van der Waals surface area contributed by atoms with Crippen molar-refractivity contribution in [3.8, 4) is 0 Å². The SMILES string of the molecule is Cc1c2ccc(c1C)C(=O)OCCCOC2=O. The first-order chi connectivity index (χ1) is 8.11. The molecule has 2 heterocycles. The quantitative estimate of drug-likeness (QED) is 0.644. The Balaban J connectivity index is 2.52. The van der Waals surface area contributed by atoms with Crippen molar-refractivity contribution >= 4 is 11.9 Å². The van der Waals surface area contributed by atoms with Crippen LogP contribution in [-0.2, 0) is 9.47 Å². The number of benzene rings is 1. The van der Waals surface area contributed by atoms with E-state index in [2.05, 4.69) is 0 Å². The van der Waals surface area contributed by atoms with E-state index in [1.54, 1.807) is 26.0 Å². The average molecular weight is 234 g/mol. The van der Waals surface area contributed by atoms with Gasteiger partial charge >= 0.3 is 11.9 Å². The zero-order valence-corrected chi connectivity index (χ0v) is 9.91. The molecule has 0 radical (unpaired) electrons. The maximum absolute atomic E-state index is 11.8. The zero-order chi connectivity index (χ0) is 12.4. The fraction of sp³-hybridized carbons (Fsp3) is 0.385. The summed E-state index contributed by atoms with van der Waals surface area (Å²) in [5.41, 5.74) is 2.57. The molecule has 17 heavy (non-hydrogen) atoms. The van der Waals surface area contributed by atoms with Gasteiger partial charge in [-0.05, 0) is 37.1 Å². The van der Waals surface area contributed by atoms with Crippen LogP contribution in [0.5, 0.6) is 0 Å². The summed E-state index contributed by atoms with van der Waals surface area (Å²) in [6.45, 7) is 4.15. The third kappa shape index (κ3) is 2.16. The summed E-state index contributed by atoms with van der Waals surface area (Å²) >= 11 is 0. The lowest BCUT2D eigenvalue weighted by atomic mass is 9.98. The standard InChI is InChI=1S/C13H14O4/c1-8-9(2)11-5-4-10(8)12(14)16-6-3-7-17-13(11)15/h4-5H,3,6-7H2,1-2H3. The molecule has 0 fully saturated rings. The lowest BCUT2D eigenvalue weighted by Crippen LogP contribution is -2.10. The molecule has 0 atom stereocenters. The minimum Gasteiger partial charge on any atom is -0.462 e. The highest BCUT2D eigenvalue weighted by atomic mass is 16.5. The molecule has 90 valence electrons. The topological polar surface area (TPSA) is 52.6 Å². The zero-order valence-electron chi connectivity index (χ0n) is 9.91. The van der Waals surface area contributed by atoms with Crippen LogP contribution in [-0.4, -0.2) is 25.2 Å². The van der Waals surface area contributed by atoms with Gasteiger partial charge in [-0.1, -0.05) is 0 Å². The fourth-order valence-electron chi connectivity index (χ4n) is 1.81. The second-order valence-corrected chi connectivity index (χ2v) is 4.04. The molecule has 1 aromatic rings. The number of carbonyl (C=O) groups is 2. The number of rotatable bonds is 0. The molecule has 4 heteroatoms. The summed E-state index contributed by atoms with van der Waals surface area (Å²) in [5, 5.41) is 0. The van der Waals surface area contributed by atoms with Crippen LogP contribution in [0.1, 0.15) is 38.3 Å². The van der Waals surface area contributed by atoms with Crippen molar-refractivity contribution in [1.82, 2.24) is 0 Å². The maximum atomic E-state index is 11.8. The van der Waals surface area contributed by atoms with Gasteiger partial charge in [0.05, 0.1) is 24.3 Å². The van der Waals surface area contributed by atoms with Crippen molar-refractivity contribution in [1.29, 1.82) is 0 Å². The monoisotopic (exact) mass is 234 g/mol. The van der Waals surface area contributed by atoms with Crippen LogP contribution in [0, 0.1) is 13.8 Å². The first-order valence-electron chi connectivity index (χ1n) is 5.55. The highest BCUT2D eigenvalue weighted by Gasteiger charge is 2.19. The molecule has 0 amide bonds. The van der Waals surface area contributed by atoms with E-state index in [0.29, 0.717) is 17.5 Å². The van der Waals surface area contributed by atoms with Crippen LogP contribution >= 0.6 is 0 Å². The van der Waals surface area contributed by atoms with Gasteiger partial charge in [0.25, 0.3) is 0 Å². The first kappa shape index (κ1) is 11.6. The minimum absolute atomic E-state index is 0.269. The molecule has 0 N–H and O–H groups in total. The second kappa shape index (κ2) is 4.57. The first-order valence-corrected chi connectivity index (χ1v) is 5.55. The third-order valence-corrected chi connectivity index (χ3v) is 2.98. The van der Waals surface area contributed by atoms with E-state index < -0.39 is 0 Å². The smallest absolute Gasteiger partial charge is 0.338 e. The van der Waals surface area contributed by atoms with E-state index >= 15 is 0 Å². The molecule has 0 spiro atoms. The van der Waals surface area contributed by atoms with Crippen LogP contribution in [0.15, 0.2) is 12.1 Å². The van der Waals surface area contributed by atoms with Crippen LogP contribution in [0.25, 0.3) is 0 Å². The van der Waals surface area contributed by atoms with E-state index in [-0.39, 0.29) is 25.2 Å². The molecule has 0 saturated carbocycles. The molecule has 1 aromatic carbocycles. The van der Waals surface area contributed by atoms with Crippen LogP contribution < -0.4 is 0 Å². The van der Waals surface area contributed by atoms with Crippen molar-refractivity contribution in [3.63, 3.8) is 0 Å². The molecule has 0 unspecified atom stereocenters. The summed E-state index contributed by atoms with van der Waals surface area (Å²) in [4.78, 5) is 23.5. The van der Waals surface area contributed by atoms with E-state index in [0.717, 1.165) is 11.1 Å². The molecule has 3 rings (SSSR count). The highest BCUT2D eigenvalue weighted by molar-refractivity contribution is 5.96. The molecule has 0 saturated heterocycles. The van der Waals surface area contributed by atoms with Crippen molar-refractivity contribution in [2.24, 2.45) is 0 Å². The summed E-state index contributed by atoms with van der Waals surface area (Å²) in [5.74, 6) is -0.682. The van der Waals surface area contributed by atoms with Gasteiger partial charge in [-0.15, -0.1) is 0 Å². The Morgan fingerprint density at radius 2 is 1.29 bits per heavy atom. The van der Waals surface area contributed by atoms with Crippen molar-refractivity contribution in [2.75, 3.05) is 13.2 Å². The van der Waals surface area contributed by atoms with Gasteiger partial charge < -0.3 is 9.47 Å². The van der Waals surface area contributed by atoms with Crippen molar-refractivity contribution in [3.05, 3.63) is 34.4 Å². The lowest BCUT2D eigenvalue weighted by Gasteiger charge is -2.10. The van der Waals surface area contributed by atoms with E-state index in [1.165, 1.54) is 0 Å². The lowest BCUT2D eigenvalue weighted by molar-refractivity contribution is 0.0401. The molecular weight excluding hydrogens is 220 g/mol. The molecule has 0 aliphatic carbocycles. The van der Waals surface area contributed by atoms with Crippen molar-refractivity contribution in [2.45, 2.75) is 20.3 Å². The van der Waals surface area contributed by atoms with Crippen LogP contribution in [0.3, 0.4) is 0 Å². The number of ether oxygens (including phenoxy) is 2. The number of fused-ring (bicyclic) bond motifs is 8. The normalized spacial score (nSPS) is 16.1. The minimum atomic E-state index is -0.341. The summed E-state index contributed by atoms with van der Waals surface area (Å²) in [6.07, 6.45) is 0.524. The van der Waals surface area contributed by atoms with Gasteiger partial charge in [-0.2, -0.15) is 0 Å². The Bertz CT molecular complexity index is 434. The predicted molar refractivity (Wildman–Crippen MR) is 61.1 cm³/mol. The van der Waals surface area contributed by atoms with Crippen molar-refractivity contribution < 1.29 is 19.1 Å². The van der Waals surface area contributed by atoms with Gasteiger partial charge in [-0.25, -0.2) is 9.59 Å². The highest BCUT2D eigenvalue weighted by Crippen LogP contribution is 2.20. The van der Waals surface area contributed by atoms with Gasteiger partial charge in [0.1, 0.15) is 0 Å². The van der Waals surface area contributed by atoms with Gasteiger partial charge in [0.15, 0.2) is 0 Å². The molecule has 0 aromatic heterocycles. The van der Waals surface area contributed by atoms with Crippen LogP contribution in [0.4, 0.5) is 0 Å². The third-order valence-electron chi connectivity index (χ3n) is 2.98. The molecule has 2 aliphatic heterocycles. The number of carbonyl (C=O) groups excluding carboxylic acids is 2. The predicted octanol–water partition coefficient (Wildman–Crippen LogP) is 2.02. The second-order valence-electron chi connectivity index (χ2n) is 4.04. The molecule has 2 aliphatic rings. The summed E-state index contributed by atoms with van der Waals surface area (Å²) < 4.78 is 10.2. The van der Waals surface area contributed by atoms with E-state index in [4.69, 9.17) is 9.47 Å².